The van der Waals surface area contributed by atoms with Crippen molar-refractivity contribution in [2.45, 2.75) is 18.3 Å². The number of Topliss-reactive ketones (excluding diaryl/α,β-unsaturated/α-hetero) is 1. The van der Waals surface area contributed by atoms with Crippen LogP contribution in [-0.4, -0.2) is 67.5 Å². The minimum atomic E-state index is -4.83. The van der Waals surface area contributed by atoms with E-state index in [4.69, 9.17) is 30.2 Å². The summed E-state index contributed by atoms with van der Waals surface area (Å²) in [6.45, 7) is -1.93. The van der Waals surface area contributed by atoms with Crippen molar-refractivity contribution in [2.75, 3.05) is 13.2 Å². The molecule has 0 amide bonds. The molecule has 0 rings (SSSR count). The first-order valence-electron chi connectivity index (χ1n) is 4.08. The molecule has 0 aliphatic heterocycles. The highest BCUT2D eigenvalue weighted by atomic mass is 31.2. The van der Waals surface area contributed by atoms with Gasteiger partial charge in [-0.05, 0) is 0 Å². The highest BCUT2D eigenvalue weighted by Crippen LogP contribution is 2.35. The molecule has 0 unspecified atom stereocenters. The van der Waals surface area contributed by atoms with Gasteiger partial charge in [-0.2, -0.15) is 0 Å². The second-order valence-corrected chi connectivity index (χ2v) is 4.14. The lowest BCUT2D eigenvalue weighted by Gasteiger charge is -2.17. The molecule has 0 aliphatic rings. The van der Waals surface area contributed by atoms with Gasteiger partial charge in [0.1, 0.15) is 18.3 Å². The molecule has 0 heterocycles. The Kier molecular flexibility index (Phi) is 6.23. The Hall–Kier alpha value is -0.380. The van der Waals surface area contributed by atoms with Crippen LogP contribution in [0.25, 0.3) is 0 Å². The van der Waals surface area contributed by atoms with E-state index in [1.807, 2.05) is 0 Å². The molecular weight excluding hydrogens is 247 g/mol. The summed E-state index contributed by atoms with van der Waals surface area (Å²) in [5.41, 5.74) is 0. The number of phosphoric ester groups is 1. The molecule has 3 atom stereocenters. The summed E-state index contributed by atoms with van der Waals surface area (Å²) in [6, 6.07) is 0. The van der Waals surface area contributed by atoms with E-state index >= 15 is 0 Å². The van der Waals surface area contributed by atoms with E-state index in [-0.39, 0.29) is 0 Å². The third kappa shape index (κ3) is 5.64. The molecule has 0 aromatic rings. The van der Waals surface area contributed by atoms with Crippen molar-refractivity contribution in [1.29, 1.82) is 0 Å². The standard InChI is InChI=1S/C6H13O9P/c7-1-3(8)5(10)6(11)4(9)2-15-16(12,13)14/h3-5,7-10H,1-2H2,(H2,12,13,14)/t3-,4-,5-/m1/s1. The highest BCUT2D eigenvalue weighted by Gasteiger charge is 2.30. The van der Waals surface area contributed by atoms with Gasteiger partial charge in [-0.15, -0.1) is 0 Å². The maximum absolute atomic E-state index is 11.1. The third-order valence-electron chi connectivity index (χ3n) is 1.57. The molecule has 0 aromatic heterocycles. The van der Waals surface area contributed by atoms with Crippen LogP contribution in [0.3, 0.4) is 0 Å². The van der Waals surface area contributed by atoms with Gasteiger partial charge in [-0.3, -0.25) is 9.32 Å². The van der Waals surface area contributed by atoms with Crippen molar-refractivity contribution in [1.82, 2.24) is 0 Å². The summed E-state index contributed by atoms with van der Waals surface area (Å²) in [7, 11) is -4.83. The Morgan fingerprint density at radius 1 is 1.25 bits per heavy atom. The van der Waals surface area contributed by atoms with Gasteiger partial charge >= 0.3 is 7.82 Å². The van der Waals surface area contributed by atoms with Crippen LogP contribution in [0.5, 0.6) is 0 Å². The molecular formula is C6H13O9P. The van der Waals surface area contributed by atoms with Crippen molar-refractivity contribution in [2.24, 2.45) is 0 Å². The maximum Gasteiger partial charge on any atom is 0.469 e. The van der Waals surface area contributed by atoms with Crippen LogP contribution in [0.15, 0.2) is 0 Å². The number of ketones is 1. The zero-order chi connectivity index (χ0) is 12.9. The van der Waals surface area contributed by atoms with E-state index < -0.39 is 45.1 Å². The lowest BCUT2D eigenvalue weighted by atomic mass is 10.1. The summed E-state index contributed by atoms with van der Waals surface area (Å²) in [6.07, 6.45) is -5.85. The molecule has 0 aliphatic carbocycles. The summed E-state index contributed by atoms with van der Waals surface area (Å²) in [5.74, 6) is -1.31. The number of phosphoric acid groups is 1. The zero-order valence-electron chi connectivity index (χ0n) is 8.00. The second-order valence-electron chi connectivity index (χ2n) is 2.90. The number of aliphatic hydroxyl groups is 4. The number of rotatable bonds is 7. The molecule has 0 radical (unpaired) electrons. The molecule has 0 saturated carbocycles. The molecule has 9 nitrogen and oxygen atoms in total. The largest absolute Gasteiger partial charge is 0.469 e. The quantitative estimate of drug-likeness (QED) is 0.258. The second kappa shape index (κ2) is 6.38. The molecule has 0 saturated heterocycles. The van der Waals surface area contributed by atoms with Gasteiger partial charge in [0.2, 0.25) is 0 Å². The summed E-state index contributed by atoms with van der Waals surface area (Å²) < 4.78 is 14.0. The average molecular weight is 260 g/mol. The van der Waals surface area contributed by atoms with E-state index in [0.717, 1.165) is 0 Å². The number of carbonyl (C=O) groups excluding carboxylic acids is 1. The Balaban J connectivity index is 4.23. The molecule has 6 N–H and O–H groups in total. The predicted octanol–water partition coefficient (Wildman–Crippen LogP) is -3.26. The van der Waals surface area contributed by atoms with E-state index in [9.17, 15) is 9.36 Å². The monoisotopic (exact) mass is 260 g/mol. The van der Waals surface area contributed by atoms with Crippen molar-refractivity contribution in [3.63, 3.8) is 0 Å². The Morgan fingerprint density at radius 3 is 2.12 bits per heavy atom. The van der Waals surface area contributed by atoms with Crippen LogP contribution in [-0.2, 0) is 13.9 Å². The fourth-order valence-corrected chi connectivity index (χ4v) is 1.07. The van der Waals surface area contributed by atoms with Gasteiger partial charge in [0.25, 0.3) is 0 Å². The first-order chi connectivity index (χ1) is 7.19. The van der Waals surface area contributed by atoms with Crippen LogP contribution in [0.1, 0.15) is 0 Å². The lowest BCUT2D eigenvalue weighted by Crippen LogP contribution is -2.43. The number of hydrogen-bond donors (Lipinski definition) is 6. The van der Waals surface area contributed by atoms with Gasteiger partial charge in [0, 0.05) is 0 Å². The van der Waals surface area contributed by atoms with Crippen LogP contribution < -0.4 is 0 Å². The predicted molar refractivity (Wildman–Crippen MR) is 48.1 cm³/mol. The minimum Gasteiger partial charge on any atom is -0.394 e. The van der Waals surface area contributed by atoms with Crippen molar-refractivity contribution < 1.29 is 44.1 Å². The first-order valence-corrected chi connectivity index (χ1v) is 5.61. The normalized spacial score (nSPS) is 17.9. The van der Waals surface area contributed by atoms with Crippen LogP contribution in [0.4, 0.5) is 0 Å². The summed E-state index contributed by atoms with van der Waals surface area (Å²) in [5, 5.41) is 35.3. The number of aliphatic hydroxyl groups excluding tert-OH is 4. The van der Waals surface area contributed by atoms with Crippen molar-refractivity contribution in [3.8, 4) is 0 Å². The van der Waals surface area contributed by atoms with E-state index in [0.29, 0.717) is 0 Å². The van der Waals surface area contributed by atoms with E-state index in [1.165, 1.54) is 0 Å². The Morgan fingerprint density at radius 2 is 1.75 bits per heavy atom. The van der Waals surface area contributed by atoms with Gasteiger partial charge in [-0.25, -0.2) is 4.57 Å². The Bertz CT molecular complexity index is 273. The van der Waals surface area contributed by atoms with E-state index in [2.05, 4.69) is 4.52 Å². The molecule has 16 heavy (non-hydrogen) atoms. The average Bonchev–Trinajstić information content (AvgIpc) is 2.21. The van der Waals surface area contributed by atoms with Crippen molar-refractivity contribution in [3.05, 3.63) is 0 Å². The van der Waals surface area contributed by atoms with Gasteiger partial charge < -0.3 is 30.2 Å². The van der Waals surface area contributed by atoms with Gasteiger partial charge in [0.15, 0.2) is 5.78 Å². The lowest BCUT2D eigenvalue weighted by molar-refractivity contribution is -0.144. The fourth-order valence-electron chi connectivity index (χ4n) is 0.736. The molecule has 0 spiro atoms. The van der Waals surface area contributed by atoms with E-state index in [1.54, 1.807) is 0 Å². The maximum atomic E-state index is 11.1. The number of hydrogen-bond acceptors (Lipinski definition) is 7. The fraction of sp³-hybridized carbons (Fsp3) is 0.833. The molecule has 0 bridgehead atoms. The Labute approximate surface area is 90.2 Å². The third-order valence-corrected chi connectivity index (χ3v) is 2.06. The smallest absolute Gasteiger partial charge is 0.394 e. The van der Waals surface area contributed by atoms with Gasteiger partial charge in [0.05, 0.1) is 13.2 Å². The number of carbonyl (C=O) groups is 1. The topological polar surface area (TPSA) is 165 Å². The SMILES string of the molecule is O=C([C@H](O)COP(=O)(O)O)[C@H](O)[C@H](O)CO. The first kappa shape index (κ1) is 15.6. The van der Waals surface area contributed by atoms with Crippen LogP contribution >= 0.6 is 7.82 Å². The molecule has 96 valence electrons. The molecule has 0 aromatic carbocycles. The minimum absolute atomic E-state index is 0.904. The van der Waals surface area contributed by atoms with Crippen LogP contribution in [0, 0.1) is 0 Å². The van der Waals surface area contributed by atoms with Crippen LogP contribution in [0.2, 0.25) is 0 Å². The summed E-state index contributed by atoms with van der Waals surface area (Å²) in [4.78, 5) is 27.6. The highest BCUT2D eigenvalue weighted by molar-refractivity contribution is 7.46. The zero-order valence-corrected chi connectivity index (χ0v) is 8.90. The molecule has 0 fully saturated rings. The molecule has 10 heteroatoms. The van der Waals surface area contributed by atoms with Crippen molar-refractivity contribution >= 4 is 13.6 Å². The summed E-state index contributed by atoms with van der Waals surface area (Å²) >= 11 is 0. The van der Waals surface area contributed by atoms with Gasteiger partial charge in [-0.1, -0.05) is 0 Å².